The van der Waals surface area contributed by atoms with E-state index in [9.17, 15) is 14.4 Å². The van der Waals surface area contributed by atoms with E-state index in [1.807, 2.05) is 32.9 Å². The SMILES string of the molecule is CCOc1ccc(N2C[C@H](C(=O)OCC(=O)Nc3c(C)cc(Br)cc3C)CC2=O)cc1. The van der Waals surface area contributed by atoms with E-state index in [1.54, 1.807) is 29.2 Å². The molecule has 8 heteroatoms. The van der Waals surface area contributed by atoms with Crippen LogP contribution in [0, 0.1) is 19.8 Å². The molecule has 1 saturated heterocycles. The average molecular weight is 489 g/mol. The van der Waals surface area contributed by atoms with E-state index in [-0.39, 0.29) is 18.9 Å². The van der Waals surface area contributed by atoms with Gasteiger partial charge in [0.15, 0.2) is 6.61 Å². The Hall–Kier alpha value is -2.87. The standard InChI is InChI=1S/C23H25BrN2O5/c1-4-30-19-7-5-18(6-8-19)26-12-16(11-21(26)28)23(29)31-13-20(27)25-22-14(2)9-17(24)10-15(22)3/h5-10,16H,4,11-13H2,1-3H3,(H,25,27)/t16-/m1/s1. The van der Waals surface area contributed by atoms with Gasteiger partial charge >= 0.3 is 5.97 Å². The maximum absolute atomic E-state index is 12.4. The summed E-state index contributed by atoms with van der Waals surface area (Å²) in [7, 11) is 0. The second-order valence-electron chi connectivity index (χ2n) is 7.40. The molecule has 164 valence electrons. The number of carbonyl (C=O) groups excluding carboxylic acids is 3. The van der Waals surface area contributed by atoms with Crippen LogP contribution < -0.4 is 15.0 Å². The molecule has 0 bridgehead atoms. The van der Waals surface area contributed by atoms with Gasteiger partial charge in [-0.1, -0.05) is 15.9 Å². The molecule has 2 amide bonds. The zero-order valence-corrected chi connectivity index (χ0v) is 19.3. The van der Waals surface area contributed by atoms with Crippen molar-refractivity contribution in [1.82, 2.24) is 0 Å². The maximum atomic E-state index is 12.4. The minimum absolute atomic E-state index is 0.0542. The lowest BCUT2D eigenvalue weighted by atomic mass is 10.1. The molecule has 0 aliphatic carbocycles. The fourth-order valence-electron chi connectivity index (χ4n) is 3.54. The van der Waals surface area contributed by atoms with Crippen molar-refractivity contribution in [1.29, 1.82) is 0 Å². The summed E-state index contributed by atoms with van der Waals surface area (Å²) in [5.41, 5.74) is 3.20. The van der Waals surface area contributed by atoms with Crippen molar-refractivity contribution in [2.24, 2.45) is 5.92 Å². The lowest BCUT2D eigenvalue weighted by Crippen LogP contribution is -2.28. The van der Waals surface area contributed by atoms with E-state index in [1.165, 1.54) is 0 Å². The van der Waals surface area contributed by atoms with Crippen LogP contribution in [0.1, 0.15) is 24.5 Å². The smallest absolute Gasteiger partial charge is 0.311 e. The number of benzene rings is 2. The number of hydrogen-bond donors (Lipinski definition) is 1. The highest BCUT2D eigenvalue weighted by atomic mass is 79.9. The molecular formula is C23H25BrN2O5. The van der Waals surface area contributed by atoms with Crippen LogP contribution in [0.3, 0.4) is 0 Å². The molecule has 0 unspecified atom stereocenters. The normalized spacial score (nSPS) is 15.7. The first-order valence-corrected chi connectivity index (χ1v) is 10.8. The number of carbonyl (C=O) groups is 3. The summed E-state index contributed by atoms with van der Waals surface area (Å²) in [6.07, 6.45) is 0.0542. The molecule has 1 aliphatic heterocycles. The summed E-state index contributed by atoms with van der Waals surface area (Å²) in [5.74, 6) is -1.02. The molecule has 1 atom stereocenters. The third-order valence-corrected chi connectivity index (χ3v) is 5.48. The lowest BCUT2D eigenvalue weighted by Gasteiger charge is -2.17. The largest absolute Gasteiger partial charge is 0.494 e. The van der Waals surface area contributed by atoms with Crippen molar-refractivity contribution in [3.05, 3.63) is 52.0 Å². The van der Waals surface area contributed by atoms with Gasteiger partial charge in [0.05, 0.1) is 12.5 Å². The fourth-order valence-corrected chi connectivity index (χ4v) is 4.23. The van der Waals surface area contributed by atoms with Gasteiger partial charge in [-0.2, -0.15) is 0 Å². The van der Waals surface area contributed by atoms with Crippen molar-refractivity contribution in [2.75, 3.05) is 30.0 Å². The Kier molecular flexibility index (Phi) is 7.33. The molecule has 1 aliphatic rings. The molecule has 1 N–H and O–H groups in total. The van der Waals surface area contributed by atoms with E-state index < -0.39 is 24.4 Å². The summed E-state index contributed by atoms with van der Waals surface area (Å²) in [4.78, 5) is 38.6. The first-order valence-electron chi connectivity index (χ1n) is 10.0. The highest BCUT2D eigenvalue weighted by Gasteiger charge is 2.36. The van der Waals surface area contributed by atoms with Crippen LogP contribution in [0.15, 0.2) is 40.9 Å². The molecular weight excluding hydrogens is 464 g/mol. The minimum atomic E-state index is -0.608. The molecule has 0 saturated carbocycles. The van der Waals surface area contributed by atoms with E-state index in [4.69, 9.17) is 9.47 Å². The highest BCUT2D eigenvalue weighted by molar-refractivity contribution is 9.10. The number of amides is 2. The van der Waals surface area contributed by atoms with Crippen LogP contribution in [0.2, 0.25) is 0 Å². The van der Waals surface area contributed by atoms with Crippen molar-refractivity contribution in [3.63, 3.8) is 0 Å². The second-order valence-corrected chi connectivity index (χ2v) is 8.32. The molecule has 0 aromatic heterocycles. The first kappa shape index (κ1) is 22.8. The van der Waals surface area contributed by atoms with Crippen LogP contribution in [0.25, 0.3) is 0 Å². The number of anilines is 2. The van der Waals surface area contributed by atoms with Crippen molar-refractivity contribution in [2.45, 2.75) is 27.2 Å². The molecule has 2 aromatic rings. The summed E-state index contributed by atoms with van der Waals surface area (Å²) < 4.78 is 11.5. The number of nitrogens with one attached hydrogen (secondary N) is 1. The molecule has 0 spiro atoms. The Balaban J connectivity index is 1.54. The third-order valence-electron chi connectivity index (χ3n) is 5.03. The Bertz CT molecular complexity index is 967. The van der Waals surface area contributed by atoms with Gasteiger partial charge < -0.3 is 19.7 Å². The topological polar surface area (TPSA) is 84.9 Å². The molecule has 0 radical (unpaired) electrons. The number of nitrogens with zero attached hydrogens (tertiary/aromatic N) is 1. The monoisotopic (exact) mass is 488 g/mol. The van der Waals surface area contributed by atoms with Gasteiger partial charge in [-0.25, -0.2) is 0 Å². The van der Waals surface area contributed by atoms with Gasteiger partial charge in [0.1, 0.15) is 5.75 Å². The van der Waals surface area contributed by atoms with Crippen molar-refractivity contribution in [3.8, 4) is 5.75 Å². The Morgan fingerprint density at radius 3 is 2.42 bits per heavy atom. The molecule has 7 nitrogen and oxygen atoms in total. The number of ether oxygens (including phenoxy) is 2. The quantitative estimate of drug-likeness (QED) is 0.595. The molecule has 2 aromatic carbocycles. The number of hydrogen-bond acceptors (Lipinski definition) is 5. The van der Waals surface area contributed by atoms with Crippen LogP contribution in [-0.2, 0) is 19.1 Å². The van der Waals surface area contributed by atoms with Crippen LogP contribution in [-0.4, -0.2) is 37.5 Å². The van der Waals surface area contributed by atoms with Crippen LogP contribution in [0.4, 0.5) is 11.4 Å². The van der Waals surface area contributed by atoms with E-state index in [0.717, 1.165) is 21.3 Å². The van der Waals surface area contributed by atoms with Gasteiger partial charge in [-0.05, 0) is 68.3 Å². The van der Waals surface area contributed by atoms with Crippen LogP contribution in [0.5, 0.6) is 5.75 Å². The highest BCUT2D eigenvalue weighted by Crippen LogP contribution is 2.28. The molecule has 1 heterocycles. The summed E-state index contributed by atoms with van der Waals surface area (Å²) in [6.45, 7) is 6.05. The van der Waals surface area contributed by atoms with Crippen molar-refractivity contribution >= 4 is 45.1 Å². The third kappa shape index (κ3) is 5.64. The number of halogens is 1. The van der Waals surface area contributed by atoms with Gasteiger partial charge in [0, 0.05) is 28.8 Å². The zero-order valence-electron chi connectivity index (χ0n) is 17.7. The minimum Gasteiger partial charge on any atom is -0.494 e. The number of rotatable bonds is 7. The lowest BCUT2D eigenvalue weighted by molar-refractivity contribution is -0.151. The summed E-state index contributed by atoms with van der Waals surface area (Å²) >= 11 is 3.42. The predicted octanol–water partition coefficient (Wildman–Crippen LogP) is 4.00. The zero-order chi connectivity index (χ0) is 22.5. The predicted molar refractivity (Wildman–Crippen MR) is 121 cm³/mol. The number of aryl methyl sites for hydroxylation is 2. The average Bonchev–Trinajstić information content (AvgIpc) is 3.11. The molecule has 3 rings (SSSR count). The van der Waals surface area contributed by atoms with E-state index in [2.05, 4.69) is 21.2 Å². The van der Waals surface area contributed by atoms with Crippen LogP contribution >= 0.6 is 15.9 Å². The summed E-state index contributed by atoms with van der Waals surface area (Å²) in [6, 6.07) is 10.9. The van der Waals surface area contributed by atoms with Gasteiger partial charge in [-0.3, -0.25) is 14.4 Å². The summed E-state index contributed by atoms with van der Waals surface area (Å²) in [5, 5.41) is 2.78. The Labute approximate surface area is 189 Å². The molecule has 31 heavy (non-hydrogen) atoms. The molecule has 1 fully saturated rings. The van der Waals surface area contributed by atoms with Gasteiger partial charge in [0.25, 0.3) is 5.91 Å². The van der Waals surface area contributed by atoms with E-state index in [0.29, 0.717) is 18.0 Å². The fraction of sp³-hybridized carbons (Fsp3) is 0.348. The first-order chi connectivity index (χ1) is 14.8. The van der Waals surface area contributed by atoms with Crippen molar-refractivity contribution < 1.29 is 23.9 Å². The second kappa shape index (κ2) is 9.96. The number of esters is 1. The van der Waals surface area contributed by atoms with Gasteiger partial charge in [-0.15, -0.1) is 0 Å². The maximum Gasteiger partial charge on any atom is 0.311 e. The van der Waals surface area contributed by atoms with E-state index >= 15 is 0 Å². The Morgan fingerprint density at radius 2 is 1.81 bits per heavy atom. The van der Waals surface area contributed by atoms with Gasteiger partial charge in [0.2, 0.25) is 5.91 Å². The Morgan fingerprint density at radius 1 is 1.16 bits per heavy atom.